The lowest BCUT2D eigenvalue weighted by Crippen LogP contribution is -2.01. The summed E-state index contributed by atoms with van der Waals surface area (Å²) >= 11 is 1.55. The van der Waals surface area contributed by atoms with Gasteiger partial charge in [0.05, 0.1) is 12.2 Å². The maximum absolute atomic E-state index is 4.39. The van der Waals surface area contributed by atoms with Crippen LogP contribution in [-0.2, 0) is 6.54 Å². The van der Waals surface area contributed by atoms with E-state index in [0.717, 1.165) is 21.5 Å². The highest BCUT2D eigenvalue weighted by Gasteiger charge is 2.00. The van der Waals surface area contributed by atoms with Gasteiger partial charge in [-0.2, -0.15) is 0 Å². The molecule has 0 aromatic carbocycles. The Labute approximate surface area is 92.4 Å². The summed E-state index contributed by atoms with van der Waals surface area (Å²) in [5, 5.41) is 12.9. The zero-order chi connectivity index (χ0) is 10.7. The number of hydrogen-bond acceptors (Lipinski definition) is 5. The Hall–Kier alpha value is -1.49. The molecule has 0 unspecified atom stereocenters. The van der Waals surface area contributed by atoms with Crippen molar-refractivity contribution in [2.75, 3.05) is 5.32 Å². The second-order valence-corrected chi connectivity index (χ2v) is 4.43. The van der Waals surface area contributed by atoms with E-state index in [1.54, 1.807) is 11.3 Å². The van der Waals surface area contributed by atoms with E-state index >= 15 is 0 Å². The molecule has 0 aliphatic carbocycles. The fraction of sp³-hybridized carbons (Fsp3) is 0.300. The predicted octanol–water partition coefficient (Wildman–Crippen LogP) is 2.16. The molecule has 0 fully saturated rings. The van der Waals surface area contributed by atoms with E-state index in [9.17, 15) is 0 Å². The van der Waals surface area contributed by atoms with Crippen molar-refractivity contribution in [2.45, 2.75) is 20.4 Å². The molecule has 0 bridgehead atoms. The van der Waals surface area contributed by atoms with Gasteiger partial charge in [0.25, 0.3) is 0 Å². The van der Waals surface area contributed by atoms with Crippen molar-refractivity contribution in [1.82, 2.24) is 15.2 Å². The largest absolute Gasteiger partial charge is 0.354 e. The number of nitrogens with zero attached hydrogens (tertiary/aromatic N) is 3. The Morgan fingerprint density at radius 2 is 2.13 bits per heavy atom. The first kappa shape index (κ1) is 10.0. The van der Waals surface area contributed by atoms with Crippen LogP contribution in [0.25, 0.3) is 0 Å². The van der Waals surface area contributed by atoms with Crippen molar-refractivity contribution in [3.63, 3.8) is 0 Å². The van der Waals surface area contributed by atoms with E-state index in [1.165, 1.54) is 0 Å². The van der Waals surface area contributed by atoms with Gasteiger partial charge in [0, 0.05) is 5.69 Å². The molecule has 0 aliphatic rings. The molecule has 4 nitrogen and oxygen atoms in total. The van der Waals surface area contributed by atoms with Gasteiger partial charge in [0.15, 0.2) is 0 Å². The number of pyridine rings is 1. The van der Waals surface area contributed by atoms with Gasteiger partial charge in [-0.3, -0.25) is 4.98 Å². The molecule has 0 aliphatic heterocycles. The minimum atomic E-state index is 0.691. The van der Waals surface area contributed by atoms with Crippen molar-refractivity contribution < 1.29 is 0 Å². The van der Waals surface area contributed by atoms with Crippen LogP contribution in [-0.4, -0.2) is 15.2 Å². The standard InChI is InChI=1S/C10H12N4S/c1-7-4-3-5-9(12-7)6-11-10-14-13-8(2)15-10/h3-5H,6H2,1-2H3,(H,11,14). The van der Waals surface area contributed by atoms with Gasteiger partial charge in [0.2, 0.25) is 5.13 Å². The van der Waals surface area contributed by atoms with Crippen LogP contribution in [0.3, 0.4) is 0 Å². The van der Waals surface area contributed by atoms with Gasteiger partial charge < -0.3 is 5.32 Å². The quantitative estimate of drug-likeness (QED) is 0.861. The number of anilines is 1. The van der Waals surface area contributed by atoms with Crippen LogP contribution in [0.4, 0.5) is 5.13 Å². The summed E-state index contributed by atoms with van der Waals surface area (Å²) in [6.45, 7) is 4.61. The number of rotatable bonds is 3. The molecule has 0 atom stereocenters. The molecule has 1 N–H and O–H groups in total. The van der Waals surface area contributed by atoms with Gasteiger partial charge in [-0.05, 0) is 26.0 Å². The van der Waals surface area contributed by atoms with Crippen LogP contribution in [0, 0.1) is 13.8 Å². The molecule has 2 aromatic rings. The lowest BCUT2D eigenvalue weighted by molar-refractivity contribution is 0.986. The third-order valence-electron chi connectivity index (χ3n) is 1.89. The van der Waals surface area contributed by atoms with E-state index in [-0.39, 0.29) is 0 Å². The Morgan fingerprint density at radius 3 is 2.80 bits per heavy atom. The molecule has 0 radical (unpaired) electrons. The SMILES string of the molecule is Cc1cccc(CNc2nnc(C)s2)n1. The van der Waals surface area contributed by atoms with Gasteiger partial charge in [0.1, 0.15) is 5.01 Å². The summed E-state index contributed by atoms with van der Waals surface area (Å²) in [6.07, 6.45) is 0. The van der Waals surface area contributed by atoms with Crippen LogP contribution < -0.4 is 5.32 Å². The average molecular weight is 220 g/mol. The molecular weight excluding hydrogens is 208 g/mol. The monoisotopic (exact) mass is 220 g/mol. The lowest BCUT2D eigenvalue weighted by atomic mass is 10.3. The number of hydrogen-bond donors (Lipinski definition) is 1. The van der Waals surface area contributed by atoms with Gasteiger partial charge in [-0.1, -0.05) is 17.4 Å². The third kappa shape index (κ3) is 2.73. The highest BCUT2D eigenvalue weighted by molar-refractivity contribution is 7.15. The predicted molar refractivity (Wildman–Crippen MR) is 60.9 cm³/mol. The minimum absolute atomic E-state index is 0.691. The third-order valence-corrected chi connectivity index (χ3v) is 2.69. The fourth-order valence-electron chi connectivity index (χ4n) is 1.23. The first-order valence-corrected chi connectivity index (χ1v) is 5.52. The number of nitrogens with one attached hydrogen (secondary N) is 1. The summed E-state index contributed by atoms with van der Waals surface area (Å²) in [6, 6.07) is 5.98. The van der Waals surface area contributed by atoms with Crippen LogP contribution in [0.2, 0.25) is 0 Å². The molecule has 0 saturated carbocycles. The van der Waals surface area contributed by atoms with Gasteiger partial charge in [-0.25, -0.2) is 0 Å². The Bertz CT molecular complexity index is 452. The summed E-state index contributed by atoms with van der Waals surface area (Å²) in [5.74, 6) is 0. The van der Waals surface area contributed by atoms with Gasteiger partial charge >= 0.3 is 0 Å². The fourth-order valence-corrected chi connectivity index (χ4v) is 1.82. The molecule has 0 saturated heterocycles. The molecule has 78 valence electrons. The molecule has 15 heavy (non-hydrogen) atoms. The van der Waals surface area contributed by atoms with E-state index in [1.807, 2.05) is 32.0 Å². The molecule has 0 amide bonds. The first-order valence-electron chi connectivity index (χ1n) is 4.70. The first-order chi connectivity index (χ1) is 7.24. The zero-order valence-corrected chi connectivity index (χ0v) is 9.51. The smallest absolute Gasteiger partial charge is 0.205 e. The number of aryl methyl sites for hydroxylation is 2. The summed E-state index contributed by atoms with van der Waals surface area (Å²) in [5.41, 5.74) is 2.05. The molecular formula is C10H12N4S. The molecule has 2 aromatic heterocycles. The summed E-state index contributed by atoms with van der Waals surface area (Å²) in [4.78, 5) is 4.39. The van der Waals surface area contributed by atoms with Gasteiger partial charge in [-0.15, -0.1) is 10.2 Å². The van der Waals surface area contributed by atoms with Crippen molar-refractivity contribution in [3.05, 3.63) is 34.6 Å². The second kappa shape index (κ2) is 4.35. The molecule has 5 heteroatoms. The van der Waals surface area contributed by atoms with Crippen LogP contribution in [0.5, 0.6) is 0 Å². The van der Waals surface area contributed by atoms with Crippen molar-refractivity contribution in [1.29, 1.82) is 0 Å². The maximum Gasteiger partial charge on any atom is 0.205 e. The van der Waals surface area contributed by atoms with E-state index in [2.05, 4.69) is 20.5 Å². The zero-order valence-electron chi connectivity index (χ0n) is 8.69. The van der Waals surface area contributed by atoms with E-state index in [0.29, 0.717) is 6.54 Å². The highest BCUT2D eigenvalue weighted by atomic mass is 32.1. The van der Waals surface area contributed by atoms with Crippen molar-refractivity contribution in [2.24, 2.45) is 0 Å². The molecule has 0 spiro atoms. The minimum Gasteiger partial charge on any atom is -0.354 e. The maximum atomic E-state index is 4.39. The highest BCUT2D eigenvalue weighted by Crippen LogP contribution is 2.14. The Balaban J connectivity index is 1.99. The van der Waals surface area contributed by atoms with E-state index < -0.39 is 0 Å². The Kier molecular flexibility index (Phi) is 2.91. The normalized spacial score (nSPS) is 10.3. The molecule has 2 rings (SSSR count). The topological polar surface area (TPSA) is 50.7 Å². The van der Waals surface area contributed by atoms with Crippen LogP contribution >= 0.6 is 11.3 Å². The summed E-state index contributed by atoms with van der Waals surface area (Å²) in [7, 11) is 0. The van der Waals surface area contributed by atoms with Crippen molar-refractivity contribution in [3.8, 4) is 0 Å². The van der Waals surface area contributed by atoms with Crippen LogP contribution in [0.15, 0.2) is 18.2 Å². The lowest BCUT2D eigenvalue weighted by Gasteiger charge is -2.01. The Morgan fingerprint density at radius 1 is 1.27 bits per heavy atom. The van der Waals surface area contributed by atoms with Crippen molar-refractivity contribution >= 4 is 16.5 Å². The second-order valence-electron chi connectivity index (χ2n) is 3.25. The van der Waals surface area contributed by atoms with E-state index in [4.69, 9.17) is 0 Å². The van der Waals surface area contributed by atoms with Crippen LogP contribution in [0.1, 0.15) is 16.4 Å². The average Bonchev–Trinajstić information content (AvgIpc) is 2.62. The molecule has 2 heterocycles. The summed E-state index contributed by atoms with van der Waals surface area (Å²) < 4.78 is 0. The number of aromatic nitrogens is 3.